The van der Waals surface area contributed by atoms with Crippen LogP contribution in [0, 0.1) is 20.8 Å². The molecular formula is C15H15O3S-. The van der Waals surface area contributed by atoms with E-state index < -0.39 is 10.1 Å². The molecule has 4 heteroatoms. The molecule has 0 heterocycles. The van der Waals surface area contributed by atoms with Crippen LogP contribution in [0.25, 0.3) is 11.1 Å². The van der Waals surface area contributed by atoms with E-state index in [1.807, 2.05) is 32.9 Å². The molecule has 0 spiro atoms. The van der Waals surface area contributed by atoms with Crippen molar-refractivity contribution in [2.45, 2.75) is 25.7 Å². The minimum Gasteiger partial charge on any atom is -0.744 e. The molecule has 0 aromatic heterocycles. The van der Waals surface area contributed by atoms with E-state index in [1.165, 1.54) is 6.07 Å². The van der Waals surface area contributed by atoms with Gasteiger partial charge in [-0.3, -0.25) is 0 Å². The summed E-state index contributed by atoms with van der Waals surface area (Å²) in [5.41, 5.74) is 4.34. The van der Waals surface area contributed by atoms with E-state index in [-0.39, 0.29) is 4.90 Å². The predicted octanol–water partition coefficient (Wildman–Crippen LogP) is 3.18. The molecule has 2 rings (SSSR count). The molecule has 0 saturated carbocycles. The van der Waals surface area contributed by atoms with Crippen LogP contribution >= 0.6 is 0 Å². The summed E-state index contributed by atoms with van der Waals surface area (Å²) in [6.45, 7) is 5.83. The SMILES string of the molecule is Cc1cc(C)c(-c2ccccc2S(=O)(=O)[O-])c(C)c1. The van der Waals surface area contributed by atoms with Crippen LogP contribution < -0.4 is 0 Å². The quantitative estimate of drug-likeness (QED) is 0.791. The second-order valence-electron chi connectivity index (χ2n) is 4.72. The molecule has 0 fully saturated rings. The average molecular weight is 275 g/mol. The van der Waals surface area contributed by atoms with Crippen LogP contribution in [-0.4, -0.2) is 13.0 Å². The topological polar surface area (TPSA) is 57.2 Å². The highest BCUT2D eigenvalue weighted by molar-refractivity contribution is 7.85. The highest BCUT2D eigenvalue weighted by Gasteiger charge is 2.14. The minimum absolute atomic E-state index is 0.162. The lowest BCUT2D eigenvalue weighted by Crippen LogP contribution is -2.02. The Labute approximate surface area is 113 Å². The van der Waals surface area contributed by atoms with Gasteiger partial charge >= 0.3 is 0 Å². The summed E-state index contributed by atoms with van der Waals surface area (Å²) in [4.78, 5) is -0.162. The summed E-state index contributed by atoms with van der Waals surface area (Å²) >= 11 is 0. The number of benzene rings is 2. The third-order valence-corrected chi connectivity index (χ3v) is 4.00. The lowest BCUT2D eigenvalue weighted by molar-refractivity contribution is 0.463. The smallest absolute Gasteiger partial charge is 0.125 e. The maximum absolute atomic E-state index is 11.4. The van der Waals surface area contributed by atoms with Gasteiger partial charge in [-0.1, -0.05) is 35.9 Å². The molecule has 0 N–H and O–H groups in total. The maximum Gasteiger partial charge on any atom is 0.125 e. The van der Waals surface area contributed by atoms with Crippen molar-refractivity contribution in [3.63, 3.8) is 0 Å². The molecule has 19 heavy (non-hydrogen) atoms. The zero-order valence-corrected chi connectivity index (χ0v) is 11.9. The van der Waals surface area contributed by atoms with Crippen molar-refractivity contribution in [3.05, 3.63) is 53.1 Å². The second kappa shape index (κ2) is 4.79. The van der Waals surface area contributed by atoms with Gasteiger partial charge < -0.3 is 4.55 Å². The molecule has 0 unspecified atom stereocenters. The number of rotatable bonds is 2. The van der Waals surface area contributed by atoms with E-state index >= 15 is 0 Å². The molecule has 2 aromatic rings. The molecule has 0 bridgehead atoms. The fourth-order valence-corrected chi connectivity index (χ4v) is 3.18. The molecule has 2 aromatic carbocycles. The summed E-state index contributed by atoms with van der Waals surface area (Å²) in [6.07, 6.45) is 0. The largest absolute Gasteiger partial charge is 0.744 e. The van der Waals surface area contributed by atoms with Crippen LogP contribution in [0.5, 0.6) is 0 Å². The molecule has 0 aliphatic carbocycles. The molecular weight excluding hydrogens is 260 g/mol. The molecule has 0 atom stereocenters. The van der Waals surface area contributed by atoms with Gasteiger partial charge in [0.1, 0.15) is 10.1 Å². The van der Waals surface area contributed by atoms with Crippen LogP contribution in [-0.2, 0) is 10.1 Å². The van der Waals surface area contributed by atoms with Crippen molar-refractivity contribution < 1.29 is 13.0 Å². The third-order valence-electron chi connectivity index (χ3n) is 3.10. The summed E-state index contributed by atoms with van der Waals surface area (Å²) in [6, 6.07) is 10.3. The molecule has 0 amide bonds. The van der Waals surface area contributed by atoms with Crippen LogP contribution in [0.1, 0.15) is 16.7 Å². The highest BCUT2D eigenvalue weighted by Crippen LogP contribution is 2.32. The summed E-state index contributed by atoms with van der Waals surface area (Å²) in [7, 11) is -4.48. The predicted molar refractivity (Wildman–Crippen MR) is 74.1 cm³/mol. The van der Waals surface area contributed by atoms with Gasteiger partial charge in [-0.05, 0) is 49.1 Å². The Morgan fingerprint density at radius 2 is 1.47 bits per heavy atom. The van der Waals surface area contributed by atoms with Crippen LogP contribution in [0.2, 0.25) is 0 Å². The summed E-state index contributed by atoms with van der Waals surface area (Å²) in [5.74, 6) is 0. The van der Waals surface area contributed by atoms with Gasteiger partial charge in [0.25, 0.3) is 0 Å². The van der Waals surface area contributed by atoms with Gasteiger partial charge in [-0.2, -0.15) is 0 Å². The Morgan fingerprint density at radius 3 is 2.00 bits per heavy atom. The summed E-state index contributed by atoms with van der Waals surface area (Å²) < 4.78 is 34.1. The van der Waals surface area contributed by atoms with E-state index in [1.54, 1.807) is 18.2 Å². The number of hydrogen-bond donors (Lipinski definition) is 0. The fourth-order valence-electron chi connectivity index (χ4n) is 2.50. The Hall–Kier alpha value is -1.65. The number of hydrogen-bond acceptors (Lipinski definition) is 3. The van der Waals surface area contributed by atoms with E-state index in [9.17, 15) is 13.0 Å². The van der Waals surface area contributed by atoms with Crippen LogP contribution in [0.4, 0.5) is 0 Å². The average Bonchev–Trinajstić information content (AvgIpc) is 2.26. The molecule has 0 aliphatic heterocycles. The third kappa shape index (κ3) is 2.69. The lowest BCUT2D eigenvalue weighted by atomic mass is 9.94. The van der Waals surface area contributed by atoms with Crippen molar-refractivity contribution in [3.8, 4) is 11.1 Å². The Morgan fingerprint density at radius 1 is 0.947 bits per heavy atom. The van der Waals surface area contributed by atoms with Gasteiger partial charge in [-0.15, -0.1) is 0 Å². The van der Waals surface area contributed by atoms with Crippen molar-refractivity contribution in [2.75, 3.05) is 0 Å². The molecule has 3 nitrogen and oxygen atoms in total. The maximum atomic E-state index is 11.4. The monoisotopic (exact) mass is 275 g/mol. The van der Waals surface area contributed by atoms with Gasteiger partial charge in [-0.25, -0.2) is 8.42 Å². The van der Waals surface area contributed by atoms with E-state index in [0.717, 1.165) is 22.3 Å². The molecule has 0 radical (unpaired) electrons. The first-order valence-corrected chi connectivity index (χ1v) is 7.34. The Bertz CT molecular complexity index is 708. The zero-order chi connectivity index (χ0) is 14.2. The minimum atomic E-state index is -4.48. The molecule has 0 aliphatic rings. The van der Waals surface area contributed by atoms with Gasteiger partial charge in [0.05, 0.1) is 4.90 Å². The summed E-state index contributed by atoms with van der Waals surface area (Å²) in [5, 5.41) is 0. The highest BCUT2D eigenvalue weighted by atomic mass is 32.2. The van der Waals surface area contributed by atoms with E-state index in [0.29, 0.717) is 5.56 Å². The lowest BCUT2D eigenvalue weighted by Gasteiger charge is -2.17. The normalized spacial score (nSPS) is 11.6. The van der Waals surface area contributed by atoms with Gasteiger partial charge in [0.2, 0.25) is 0 Å². The zero-order valence-electron chi connectivity index (χ0n) is 11.1. The van der Waals surface area contributed by atoms with E-state index in [4.69, 9.17) is 0 Å². The van der Waals surface area contributed by atoms with Crippen molar-refractivity contribution >= 4 is 10.1 Å². The first-order valence-electron chi connectivity index (χ1n) is 5.94. The first kappa shape index (κ1) is 13.8. The van der Waals surface area contributed by atoms with Crippen LogP contribution in [0.15, 0.2) is 41.3 Å². The first-order chi connectivity index (χ1) is 8.80. The molecule has 0 saturated heterocycles. The van der Waals surface area contributed by atoms with Crippen molar-refractivity contribution in [2.24, 2.45) is 0 Å². The van der Waals surface area contributed by atoms with E-state index in [2.05, 4.69) is 0 Å². The standard InChI is InChI=1S/C15H16O3S/c1-10-8-11(2)15(12(3)9-10)13-6-4-5-7-14(13)19(16,17)18/h4-9H,1-3H3,(H,16,17,18)/p-1. The fraction of sp³-hybridized carbons (Fsp3) is 0.200. The van der Waals surface area contributed by atoms with Crippen molar-refractivity contribution in [1.29, 1.82) is 0 Å². The Kier molecular flexibility index (Phi) is 3.47. The van der Waals surface area contributed by atoms with Gasteiger partial charge in [0, 0.05) is 0 Å². The van der Waals surface area contributed by atoms with Crippen molar-refractivity contribution in [1.82, 2.24) is 0 Å². The molecule has 100 valence electrons. The number of aryl methyl sites for hydroxylation is 3. The Balaban J connectivity index is 2.81. The van der Waals surface area contributed by atoms with Gasteiger partial charge in [0.15, 0.2) is 0 Å². The van der Waals surface area contributed by atoms with Crippen LogP contribution in [0.3, 0.4) is 0 Å². The second-order valence-corrected chi connectivity index (χ2v) is 6.07.